The maximum absolute atomic E-state index is 13.1. The number of carbonyl (C=O) groups excluding carboxylic acids is 2. The van der Waals surface area contributed by atoms with Crippen LogP contribution in [0.1, 0.15) is 45.4 Å². The summed E-state index contributed by atoms with van der Waals surface area (Å²) in [5, 5.41) is 3.02. The van der Waals surface area contributed by atoms with E-state index in [1.54, 1.807) is 18.5 Å². The third-order valence-corrected chi connectivity index (χ3v) is 5.54. The fourth-order valence-electron chi connectivity index (χ4n) is 4.00. The molecule has 7 heteroatoms. The lowest BCUT2D eigenvalue weighted by Crippen LogP contribution is -2.50. The molecule has 2 aliphatic rings. The number of piperidine rings is 2. The summed E-state index contributed by atoms with van der Waals surface area (Å²) in [4.78, 5) is 38.1. The molecule has 148 valence electrons. The summed E-state index contributed by atoms with van der Waals surface area (Å²) in [5.41, 5.74) is 0. The van der Waals surface area contributed by atoms with Crippen LogP contribution in [0.3, 0.4) is 0 Å². The standard InChI is InChI=1S/C20H31N5O2/c1-2-3-9-21-18(26)16-7-4-12-24(14-16)19(27)17-8-5-13-25(15-17)20-22-10-6-11-23-20/h6,10-11,16-17H,2-5,7-9,12-15H2,1H3,(H,21,26). The zero-order valence-corrected chi connectivity index (χ0v) is 16.3. The van der Waals surface area contributed by atoms with Gasteiger partial charge in [0.2, 0.25) is 17.8 Å². The molecule has 1 aromatic rings. The van der Waals surface area contributed by atoms with Crippen molar-refractivity contribution < 1.29 is 9.59 Å². The van der Waals surface area contributed by atoms with Crippen LogP contribution in [0, 0.1) is 11.8 Å². The van der Waals surface area contributed by atoms with Crippen molar-refractivity contribution in [3.8, 4) is 0 Å². The number of anilines is 1. The molecule has 0 bridgehead atoms. The van der Waals surface area contributed by atoms with Crippen LogP contribution in [0.15, 0.2) is 18.5 Å². The number of hydrogen-bond acceptors (Lipinski definition) is 5. The Morgan fingerprint density at radius 2 is 1.85 bits per heavy atom. The van der Waals surface area contributed by atoms with Gasteiger partial charge >= 0.3 is 0 Å². The van der Waals surface area contributed by atoms with Gasteiger partial charge in [-0.2, -0.15) is 0 Å². The molecule has 3 heterocycles. The van der Waals surface area contributed by atoms with Gasteiger partial charge in [-0.05, 0) is 38.2 Å². The van der Waals surface area contributed by atoms with Crippen LogP contribution in [0.25, 0.3) is 0 Å². The Balaban J connectivity index is 1.55. The van der Waals surface area contributed by atoms with Crippen molar-refractivity contribution in [3.05, 3.63) is 18.5 Å². The van der Waals surface area contributed by atoms with Gasteiger partial charge in [0.25, 0.3) is 0 Å². The van der Waals surface area contributed by atoms with Gasteiger partial charge in [0.1, 0.15) is 0 Å². The van der Waals surface area contributed by atoms with Crippen LogP contribution in [0.2, 0.25) is 0 Å². The van der Waals surface area contributed by atoms with Gasteiger partial charge in [-0.1, -0.05) is 13.3 Å². The highest BCUT2D eigenvalue weighted by Gasteiger charge is 2.34. The van der Waals surface area contributed by atoms with Crippen LogP contribution in [0.4, 0.5) is 5.95 Å². The number of likely N-dealkylation sites (tertiary alicyclic amines) is 1. The Labute approximate surface area is 161 Å². The summed E-state index contributed by atoms with van der Waals surface area (Å²) >= 11 is 0. The van der Waals surface area contributed by atoms with Crippen molar-refractivity contribution in [3.63, 3.8) is 0 Å². The number of carbonyl (C=O) groups is 2. The highest BCUT2D eigenvalue weighted by Crippen LogP contribution is 2.25. The first-order chi connectivity index (χ1) is 13.2. The van der Waals surface area contributed by atoms with Crippen molar-refractivity contribution in [2.24, 2.45) is 11.8 Å². The van der Waals surface area contributed by atoms with E-state index < -0.39 is 0 Å². The highest BCUT2D eigenvalue weighted by atomic mass is 16.2. The molecule has 2 atom stereocenters. The van der Waals surface area contributed by atoms with Gasteiger partial charge in [0.05, 0.1) is 11.8 Å². The first-order valence-electron chi connectivity index (χ1n) is 10.3. The van der Waals surface area contributed by atoms with Crippen LogP contribution < -0.4 is 10.2 Å². The van der Waals surface area contributed by atoms with E-state index in [0.29, 0.717) is 19.0 Å². The molecule has 2 aliphatic heterocycles. The van der Waals surface area contributed by atoms with E-state index >= 15 is 0 Å². The van der Waals surface area contributed by atoms with E-state index in [-0.39, 0.29) is 23.7 Å². The van der Waals surface area contributed by atoms with Crippen molar-refractivity contribution in [1.29, 1.82) is 0 Å². The molecule has 3 rings (SSSR count). The molecule has 7 nitrogen and oxygen atoms in total. The lowest BCUT2D eigenvalue weighted by Gasteiger charge is -2.38. The number of hydrogen-bond donors (Lipinski definition) is 1. The molecule has 1 N–H and O–H groups in total. The molecule has 1 aromatic heterocycles. The summed E-state index contributed by atoms with van der Waals surface area (Å²) in [5.74, 6) is 0.869. The van der Waals surface area contributed by atoms with E-state index in [2.05, 4.69) is 27.1 Å². The lowest BCUT2D eigenvalue weighted by atomic mass is 9.92. The third-order valence-electron chi connectivity index (χ3n) is 5.54. The average molecular weight is 374 g/mol. The fraction of sp³-hybridized carbons (Fsp3) is 0.700. The summed E-state index contributed by atoms with van der Waals surface area (Å²) in [6.45, 7) is 5.70. The molecule has 0 radical (unpaired) electrons. The molecule has 0 saturated carbocycles. The second-order valence-corrected chi connectivity index (χ2v) is 7.60. The minimum absolute atomic E-state index is 0.0375. The Morgan fingerprint density at radius 1 is 1.11 bits per heavy atom. The van der Waals surface area contributed by atoms with Gasteiger partial charge in [0.15, 0.2) is 0 Å². The zero-order chi connectivity index (χ0) is 19.1. The van der Waals surface area contributed by atoms with E-state index in [1.807, 2.05) is 4.90 Å². The molecule has 2 unspecified atom stereocenters. The maximum atomic E-state index is 13.1. The second kappa shape index (κ2) is 9.67. The van der Waals surface area contributed by atoms with Crippen molar-refractivity contribution in [2.45, 2.75) is 45.4 Å². The molecule has 0 spiro atoms. The highest BCUT2D eigenvalue weighted by molar-refractivity contribution is 5.82. The first kappa shape index (κ1) is 19.6. The van der Waals surface area contributed by atoms with E-state index in [9.17, 15) is 9.59 Å². The minimum atomic E-state index is -0.0725. The zero-order valence-electron chi connectivity index (χ0n) is 16.3. The Hall–Kier alpha value is -2.18. The van der Waals surface area contributed by atoms with E-state index in [0.717, 1.165) is 58.2 Å². The van der Waals surface area contributed by atoms with Crippen LogP contribution in [0.5, 0.6) is 0 Å². The van der Waals surface area contributed by atoms with Crippen LogP contribution >= 0.6 is 0 Å². The second-order valence-electron chi connectivity index (χ2n) is 7.60. The number of aromatic nitrogens is 2. The molecule has 0 aliphatic carbocycles. The lowest BCUT2D eigenvalue weighted by molar-refractivity contribution is -0.139. The SMILES string of the molecule is CCCCNC(=O)C1CCCN(C(=O)C2CCCN(c3ncccn3)C2)C1. The summed E-state index contributed by atoms with van der Waals surface area (Å²) < 4.78 is 0. The number of amides is 2. The monoisotopic (exact) mass is 373 g/mol. The van der Waals surface area contributed by atoms with Crippen molar-refractivity contribution in [2.75, 3.05) is 37.6 Å². The number of unbranched alkanes of at least 4 members (excludes halogenated alkanes) is 1. The number of rotatable bonds is 6. The van der Waals surface area contributed by atoms with Gasteiger partial charge < -0.3 is 15.1 Å². The fourth-order valence-corrected chi connectivity index (χ4v) is 4.00. The summed E-state index contributed by atoms with van der Waals surface area (Å²) in [6.07, 6.45) is 9.17. The summed E-state index contributed by atoms with van der Waals surface area (Å²) in [6, 6.07) is 1.80. The Morgan fingerprint density at radius 3 is 2.63 bits per heavy atom. The third kappa shape index (κ3) is 5.17. The quantitative estimate of drug-likeness (QED) is 0.770. The van der Waals surface area contributed by atoms with Gasteiger partial charge in [-0.3, -0.25) is 9.59 Å². The van der Waals surface area contributed by atoms with Crippen molar-refractivity contribution >= 4 is 17.8 Å². The van der Waals surface area contributed by atoms with E-state index in [1.165, 1.54) is 0 Å². The topological polar surface area (TPSA) is 78.4 Å². The summed E-state index contributed by atoms with van der Waals surface area (Å²) in [7, 11) is 0. The maximum Gasteiger partial charge on any atom is 0.227 e. The number of nitrogens with zero attached hydrogens (tertiary/aromatic N) is 4. The first-order valence-corrected chi connectivity index (χ1v) is 10.3. The smallest absolute Gasteiger partial charge is 0.227 e. The molecular formula is C20H31N5O2. The molecule has 2 fully saturated rings. The van der Waals surface area contributed by atoms with Gasteiger partial charge in [-0.15, -0.1) is 0 Å². The molecule has 0 aromatic carbocycles. The Kier molecular flexibility index (Phi) is 7.01. The van der Waals surface area contributed by atoms with Crippen LogP contribution in [-0.2, 0) is 9.59 Å². The molecule has 2 saturated heterocycles. The van der Waals surface area contributed by atoms with Crippen LogP contribution in [-0.4, -0.2) is 59.4 Å². The molecule has 27 heavy (non-hydrogen) atoms. The normalized spacial score (nSPS) is 23.1. The van der Waals surface area contributed by atoms with Gasteiger partial charge in [-0.25, -0.2) is 9.97 Å². The average Bonchev–Trinajstić information content (AvgIpc) is 2.74. The predicted molar refractivity (Wildman–Crippen MR) is 104 cm³/mol. The predicted octanol–water partition coefficient (Wildman–Crippen LogP) is 1.85. The minimum Gasteiger partial charge on any atom is -0.356 e. The molecule has 2 amide bonds. The largest absolute Gasteiger partial charge is 0.356 e. The molecular weight excluding hydrogens is 342 g/mol. The Bertz CT molecular complexity index is 624. The van der Waals surface area contributed by atoms with Gasteiger partial charge in [0, 0.05) is 45.1 Å². The number of nitrogens with one attached hydrogen (secondary N) is 1. The van der Waals surface area contributed by atoms with Crippen molar-refractivity contribution in [1.82, 2.24) is 20.2 Å². The van der Waals surface area contributed by atoms with E-state index in [4.69, 9.17) is 0 Å².